The zero-order valence-corrected chi connectivity index (χ0v) is 16.9. The molecule has 2 aromatic carbocycles. The van der Waals surface area contributed by atoms with Crippen molar-refractivity contribution in [2.24, 2.45) is 0 Å². The zero-order chi connectivity index (χ0) is 20.9. The first kappa shape index (κ1) is 19.4. The highest BCUT2D eigenvalue weighted by Gasteiger charge is 2.18. The van der Waals surface area contributed by atoms with Crippen LogP contribution in [0.25, 0.3) is 16.9 Å². The van der Waals surface area contributed by atoms with Gasteiger partial charge in [0, 0.05) is 24.5 Å². The number of benzene rings is 2. The Bertz CT molecular complexity index is 1150. The van der Waals surface area contributed by atoms with Crippen LogP contribution in [0.3, 0.4) is 0 Å². The number of rotatable bonds is 6. The molecule has 30 heavy (non-hydrogen) atoms. The van der Waals surface area contributed by atoms with Gasteiger partial charge < -0.3 is 10.1 Å². The molecule has 6 heteroatoms. The summed E-state index contributed by atoms with van der Waals surface area (Å²) in [6, 6.07) is 21.1. The average molecular weight is 398 g/mol. The van der Waals surface area contributed by atoms with Gasteiger partial charge in [0.2, 0.25) is 0 Å². The summed E-state index contributed by atoms with van der Waals surface area (Å²) in [5, 5.41) is 7.69. The lowest BCUT2D eigenvalue weighted by atomic mass is 10.1. The molecule has 0 unspecified atom stereocenters. The van der Waals surface area contributed by atoms with E-state index in [9.17, 15) is 4.79 Å². The van der Waals surface area contributed by atoms with Crippen LogP contribution in [0.4, 0.5) is 0 Å². The molecule has 150 valence electrons. The first-order valence-corrected chi connectivity index (χ1v) is 9.62. The van der Waals surface area contributed by atoms with Crippen molar-refractivity contribution in [1.29, 1.82) is 0 Å². The minimum absolute atomic E-state index is 0.200. The van der Waals surface area contributed by atoms with Crippen LogP contribution in [0.1, 0.15) is 21.6 Å². The third-order valence-corrected chi connectivity index (χ3v) is 4.79. The molecule has 0 aliphatic heterocycles. The Balaban J connectivity index is 1.70. The van der Waals surface area contributed by atoms with Crippen LogP contribution >= 0.6 is 0 Å². The number of nitrogens with zero attached hydrogens (tertiary/aromatic N) is 3. The van der Waals surface area contributed by atoms with Crippen molar-refractivity contribution >= 4 is 5.91 Å². The molecule has 4 rings (SSSR count). The Labute approximate surface area is 175 Å². The maximum atomic E-state index is 13.0. The number of methoxy groups -OCH3 is 1. The normalized spacial score (nSPS) is 10.6. The maximum Gasteiger partial charge on any atom is 0.270 e. The van der Waals surface area contributed by atoms with E-state index in [2.05, 4.69) is 10.3 Å². The molecular formula is C24H22N4O2. The Kier molecular flexibility index (Phi) is 5.57. The second-order valence-corrected chi connectivity index (χ2v) is 6.93. The van der Waals surface area contributed by atoms with E-state index in [0.717, 1.165) is 28.1 Å². The van der Waals surface area contributed by atoms with Gasteiger partial charge in [0.25, 0.3) is 5.91 Å². The molecule has 6 nitrogen and oxygen atoms in total. The van der Waals surface area contributed by atoms with Crippen molar-refractivity contribution in [2.45, 2.75) is 13.5 Å². The van der Waals surface area contributed by atoms with E-state index < -0.39 is 0 Å². The molecule has 0 atom stereocenters. The highest BCUT2D eigenvalue weighted by molar-refractivity contribution is 5.94. The number of ether oxygens (including phenoxy) is 1. The molecule has 0 fully saturated rings. The summed E-state index contributed by atoms with van der Waals surface area (Å²) in [6.07, 6.45) is 3.41. The van der Waals surface area contributed by atoms with Crippen LogP contribution in [0.2, 0.25) is 0 Å². The monoisotopic (exact) mass is 398 g/mol. The molecule has 0 saturated heterocycles. The van der Waals surface area contributed by atoms with E-state index in [-0.39, 0.29) is 5.91 Å². The summed E-state index contributed by atoms with van der Waals surface area (Å²) in [6.45, 7) is 2.44. The highest BCUT2D eigenvalue weighted by Crippen LogP contribution is 2.25. The lowest BCUT2D eigenvalue weighted by Crippen LogP contribution is -2.25. The number of carbonyl (C=O) groups excluding carboxylic acids is 1. The fourth-order valence-electron chi connectivity index (χ4n) is 3.12. The zero-order valence-electron chi connectivity index (χ0n) is 16.9. The minimum atomic E-state index is -0.200. The molecule has 4 aromatic rings. The molecule has 0 aliphatic carbocycles. The summed E-state index contributed by atoms with van der Waals surface area (Å²) in [7, 11) is 1.63. The topological polar surface area (TPSA) is 69.0 Å². The highest BCUT2D eigenvalue weighted by atomic mass is 16.5. The van der Waals surface area contributed by atoms with Crippen molar-refractivity contribution in [2.75, 3.05) is 7.11 Å². The number of hydrogen-bond acceptors (Lipinski definition) is 4. The summed E-state index contributed by atoms with van der Waals surface area (Å²) in [4.78, 5) is 17.0. The maximum absolute atomic E-state index is 13.0. The SMILES string of the molecule is COc1cccc(-c2cc(C(=O)NCc3ccncc3)n(-c3ccc(C)cc3)n2)c1. The predicted molar refractivity (Wildman–Crippen MR) is 116 cm³/mol. The van der Waals surface area contributed by atoms with Crippen LogP contribution in [-0.2, 0) is 6.54 Å². The van der Waals surface area contributed by atoms with E-state index in [0.29, 0.717) is 17.9 Å². The molecule has 2 heterocycles. The first-order valence-electron chi connectivity index (χ1n) is 9.62. The lowest BCUT2D eigenvalue weighted by molar-refractivity contribution is 0.0943. The molecule has 2 aromatic heterocycles. The van der Waals surface area contributed by atoms with Crippen LogP contribution in [0.15, 0.2) is 79.1 Å². The summed E-state index contributed by atoms with van der Waals surface area (Å²) < 4.78 is 7.00. The lowest BCUT2D eigenvalue weighted by Gasteiger charge is -2.09. The second-order valence-electron chi connectivity index (χ2n) is 6.93. The Morgan fingerprint density at radius 1 is 1.03 bits per heavy atom. The number of hydrogen-bond donors (Lipinski definition) is 1. The number of carbonyl (C=O) groups is 1. The largest absolute Gasteiger partial charge is 0.497 e. The van der Waals surface area contributed by atoms with E-state index in [1.807, 2.05) is 67.6 Å². The fourth-order valence-corrected chi connectivity index (χ4v) is 3.12. The van der Waals surface area contributed by atoms with E-state index >= 15 is 0 Å². The van der Waals surface area contributed by atoms with E-state index in [1.165, 1.54) is 0 Å². The number of amides is 1. The molecular weight excluding hydrogens is 376 g/mol. The van der Waals surface area contributed by atoms with Crippen molar-refractivity contribution in [3.63, 3.8) is 0 Å². The van der Waals surface area contributed by atoms with Gasteiger partial charge in [0.05, 0.1) is 18.5 Å². The van der Waals surface area contributed by atoms with Crippen LogP contribution in [0.5, 0.6) is 5.75 Å². The van der Waals surface area contributed by atoms with Gasteiger partial charge in [0.15, 0.2) is 0 Å². The van der Waals surface area contributed by atoms with Crippen molar-refractivity contribution in [3.8, 4) is 22.7 Å². The van der Waals surface area contributed by atoms with Gasteiger partial charge in [-0.25, -0.2) is 4.68 Å². The van der Waals surface area contributed by atoms with Crippen LogP contribution < -0.4 is 10.1 Å². The standard InChI is InChI=1S/C24H22N4O2/c1-17-6-8-20(9-7-17)28-23(24(29)26-16-18-10-12-25-13-11-18)15-22(27-28)19-4-3-5-21(14-19)30-2/h3-15H,16H2,1-2H3,(H,26,29). The van der Waals surface area contributed by atoms with Crippen molar-refractivity contribution < 1.29 is 9.53 Å². The molecule has 0 bridgehead atoms. The predicted octanol–water partition coefficient (Wildman–Crippen LogP) is 4.18. The molecule has 1 N–H and O–H groups in total. The van der Waals surface area contributed by atoms with Gasteiger partial charge in [0.1, 0.15) is 11.4 Å². The number of aromatic nitrogens is 3. The van der Waals surface area contributed by atoms with Gasteiger partial charge in [-0.2, -0.15) is 5.10 Å². The van der Waals surface area contributed by atoms with Gasteiger partial charge in [-0.1, -0.05) is 29.8 Å². The van der Waals surface area contributed by atoms with E-state index in [4.69, 9.17) is 9.84 Å². The smallest absolute Gasteiger partial charge is 0.270 e. The Morgan fingerprint density at radius 2 is 1.80 bits per heavy atom. The fraction of sp³-hybridized carbons (Fsp3) is 0.125. The van der Waals surface area contributed by atoms with Gasteiger partial charge in [-0.3, -0.25) is 9.78 Å². The number of nitrogens with one attached hydrogen (secondary N) is 1. The molecule has 0 spiro atoms. The second kappa shape index (κ2) is 8.61. The van der Waals surface area contributed by atoms with Gasteiger partial charge in [-0.05, 0) is 55.0 Å². The Hall–Kier alpha value is -3.93. The Morgan fingerprint density at radius 3 is 2.53 bits per heavy atom. The third-order valence-electron chi connectivity index (χ3n) is 4.79. The summed E-state index contributed by atoms with van der Waals surface area (Å²) in [5.74, 6) is 0.537. The van der Waals surface area contributed by atoms with Gasteiger partial charge >= 0.3 is 0 Å². The molecule has 1 amide bonds. The van der Waals surface area contributed by atoms with E-state index in [1.54, 1.807) is 30.3 Å². The quantitative estimate of drug-likeness (QED) is 0.529. The molecule has 0 aliphatic rings. The average Bonchev–Trinajstić information content (AvgIpc) is 3.24. The first-order chi connectivity index (χ1) is 14.6. The van der Waals surface area contributed by atoms with Crippen LogP contribution in [-0.4, -0.2) is 27.8 Å². The molecule has 0 saturated carbocycles. The molecule has 0 radical (unpaired) electrons. The summed E-state index contributed by atoms with van der Waals surface area (Å²) in [5.41, 5.74) is 4.98. The van der Waals surface area contributed by atoms with Crippen molar-refractivity contribution in [1.82, 2.24) is 20.1 Å². The number of aryl methyl sites for hydroxylation is 1. The number of pyridine rings is 1. The van der Waals surface area contributed by atoms with Crippen LogP contribution in [0, 0.1) is 6.92 Å². The van der Waals surface area contributed by atoms with Gasteiger partial charge in [-0.15, -0.1) is 0 Å². The minimum Gasteiger partial charge on any atom is -0.497 e. The van der Waals surface area contributed by atoms with Crippen molar-refractivity contribution in [3.05, 3.63) is 95.9 Å². The summed E-state index contributed by atoms with van der Waals surface area (Å²) >= 11 is 0. The third kappa shape index (κ3) is 4.22.